The first-order valence-electron chi connectivity index (χ1n) is 10.4. The second-order valence-corrected chi connectivity index (χ2v) is 8.40. The lowest BCUT2D eigenvalue weighted by Gasteiger charge is -2.51. The van der Waals surface area contributed by atoms with E-state index in [2.05, 4.69) is 5.32 Å². The molecule has 0 radical (unpaired) electrons. The predicted octanol–water partition coefficient (Wildman–Crippen LogP) is 1.84. The van der Waals surface area contributed by atoms with E-state index in [1.54, 1.807) is 16.4 Å². The van der Waals surface area contributed by atoms with Gasteiger partial charge in [-0.3, -0.25) is 14.4 Å². The highest BCUT2D eigenvalue weighted by Crippen LogP contribution is 2.47. The molecular formula is C22H21F2N3O5. The Hall–Kier alpha value is -3.27. The molecule has 3 aliphatic heterocycles. The van der Waals surface area contributed by atoms with Crippen LogP contribution in [0.4, 0.5) is 8.78 Å². The number of fused-ring (bicyclic) bond motifs is 2. The van der Waals surface area contributed by atoms with E-state index in [9.17, 15) is 28.3 Å². The third-order valence-electron chi connectivity index (χ3n) is 6.66. The molecule has 1 aromatic carbocycles. The molecule has 0 aliphatic carbocycles. The van der Waals surface area contributed by atoms with E-state index in [0.29, 0.717) is 44.2 Å². The molecule has 10 heteroatoms. The Morgan fingerprint density at radius 2 is 2.12 bits per heavy atom. The van der Waals surface area contributed by atoms with Crippen LogP contribution >= 0.6 is 0 Å². The number of benzene rings is 1. The summed E-state index contributed by atoms with van der Waals surface area (Å²) in [6.07, 6.45) is 1.50. The Kier molecular flexibility index (Phi) is 4.59. The van der Waals surface area contributed by atoms with Gasteiger partial charge >= 0.3 is 0 Å². The number of aromatic nitrogens is 1. The molecule has 2 atom stereocenters. The van der Waals surface area contributed by atoms with Crippen molar-refractivity contribution in [2.75, 3.05) is 13.2 Å². The number of ether oxygens (including phenoxy) is 1. The summed E-state index contributed by atoms with van der Waals surface area (Å²) >= 11 is 0. The lowest BCUT2D eigenvalue weighted by molar-refractivity contribution is -0.186. The van der Waals surface area contributed by atoms with E-state index in [4.69, 9.17) is 4.74 Å². The second-order valence-electron chi connectivity index (χ2n) is 8.40. The Balaban J connectivity index is 1.56. The molecule has 1 fully saturated rings. The number of amides is 2. The van der Waals surface area contributed by atoms with Crippen LogP contribution in [0.1, 0.15) is 57.9 Å². The number of carbonyl (C=O) groups is 2. The van der Waals surface area contributed by atoms with Crippen LogP contribution in [-0.4, -0.2) is 45.3 Å². The fourth-order valence-electron chi connectivity index (χ4n) is 5.10. The van der Waals surface area contributed by atoms with Crippen molar-refractivity contribution in [3.05, 3.63) is 62.6 Å². The van der Waals surface area contributed by atoms with Gasteiger partial charge in [-0.15, -0.1) is 0 Å². The van der Waals surface area contributed by atoms with E-state index in [-0.39, 0.29) is 29.4 Å². The first-order chi connectivity index (χ1) is 15.2. The monoisotopic (exact) mass is 445 g/mol. The average Bonchev–Trinajstić information content (AvgIpc) is 3.18. The fourth-order valence-corrected chi connectivity index (χ4v) is 5.10. The van der Waals surface area contributed by atoms with E-state index in [1.807, 2.05) is 0 Å². The van der Waals surface area contributed by atoms with Crippen LogP contribution in [0.15, 0.2) is 23.0 Å². The van der Waals surface area contributed by atoms with Gasteiger partial charge in [-0.25, -0.2) is 8.78 Å². The standard InChI is InChI=1S/C22H21F2N3O5/c1-22-15-6-5-14-16(20(30)25-10-11-3-4-12(23)9-13(11)24)18(28)19(29)17(27(14)15)21(31)26(22)7-2-8-32-22/h3-4,9,15,29H,2,5-8,10H2,1H3,(H,25,30). The quantitative estimate of drug-likeness (QED) is 0.751. The molecule has 3 aliphatic rings. The van der Waals surface area contributed by atoms with Crippen molar-refractivity contribution in [1.29, 1.82) is 0 Å². The highest BCUT2D eigenvalue weighted by atomic mass is 19.1. The number of rotatable bonds is 3. The fraction of sp³-hybridized carbons (Fsp3) is 0.409. The van der Waals surface area contributed by atoms with Gasteiger partial charge in [-0.2, -0.15) is 0 Å². The molecule has 1 aromatic heterocycles. The molecule has 8 nitrogen and oxygen atoms in total. The predicted molar refractivity (Wildman–Crippen MR) is 107 cm³/mol. The van der Waals surface area contributed by atoms with Crippen molar-refractivity contribution in [2.45, 2.75) is 44.5 Å². The van der Waals surface area contributed by atoms with Gasteiger partial charge in [0.05, 0.1) is 12.6 Å². The minimum atomic E-state index is -0.946. The topological polar surface area (TPSA) is 101 Å². The summed E-state index contributed by atoms with van der Waals surface area (Å²) < 4.78 is 34.6. The Labute approximate surface area is 181 Å². The maximum Gasteiger partial charge on any atom is 0.276 e. The van der Waals surface area contributed by atoms with Gasteiger partial charge in [0.15, 0.2) is 17.2 Å². The van der Waals surface area contributed by atoms with Gasteiger partial charge in [0.1, 0.15) is 17.2 Å². The molecule has 4 heterocycles. The summed E-state index contributed by atoms with van der Waals surface area (Å²) in [6, 6.07) is 2.61. The number of pyridine rings is 1. The normalized spacial score (nSPS) is 23.7. The molecule has 0 saturated carbocycles. The van der Waals surface area contributed by atoms with Crippen LogP contribution in [0.3, 0.4) is 0 Å². The molecule has 2 aromatic rings. The summed E-state index contributed by atoms with van der Waals surface area (Å²) in [5.41, 5.74) is -1.91. The average molecular weight is 445 g/mol. The highest BCUT2D eigenvalue weighted by molar-refractivity contribution is 6.00. The second kappa shape index (κ2) is 7.13. The van der Waals surface area contributed by atoms with Crippen molar-refractivity contribution in [1.82, 2.24) is 14.8 Å². The molecule has 0 spiro atoms. The Morgan fingerprint density at radius 1 is 1.34 bits per heavy atom. The van der Waals surface area contributed by atoms with Gasteiger partial charge in [-0.05, 0) is 32.3 Å². The zero-order valence-corrected chi connectivity index (χ0v) is 17.3. The minimum Gasteiger partial charge on any atom is -0.503 e. The lowest BCUT2D eigenvalue weighted by atomic mass is 9.95. The van der Waals surface area contributed by atoms with Crippen molar-refractivity contribution < 1.29 is 28.2 Å². The highest BCUT2D eigenvalue weighted by Gasteiger charge is 2.55. The summed E-state index contributed by atoms with van der Waals surface area (Å²) in [4.78, 5) is 40.6. The van der Waals surface area contributed by atoms with Crippen LogP contribution in [0.5, 0.6) is 5.75 Å². The first kappa shape index (κ1) is 20.6. The third kappa shape index (κ3) is 2.78. The van der Waals surface area contributed by atoms with E-state index >= 15 is 0 Å². The van der Waals surface area contributed by atoms with E-state index in [1.165, 1.54) is 6.07 Å². The van der Waals surface area contributed by atoms with Crippen molar-refractivity contribution in [2.24, 2.45) is 0 Å². The third-order valence-corrected chi connectivity index (χ3v) is 6.66. The number of nitrogens with zero attached hydrogens (tertiary/aromatic N) is 2. The van der Waals surface area contributed by atoms with Crippen molar-refractivity contribution >= 4 is 11.8 Å². The summed E-state index contributed by atoms with van der Waals surface area (Å²) in [5, 5.41) is 13.1. The summed E-state index contributed by atoms with van der Waals surface area (Å²) in [7, 11) is 0. The molecule has 5 rings (SSSR count). The molecule has 32 heavy (non-hydrogen) atoms. The number of halogens is 2. The number of nitrogens with one attached hydrogen (secondary N) is 1. The zero-order chi connectivity index (χ0) is 22.8. The maximum absolute atomic E-state index is 13.9. The summed E-state index contributed by atoms with van der Waals surface area (Å²) in [5.74, 6) is -3.66. The molecule has 2 unspecified atom stereocenters. The lowest BCUT2D eigenvalue weighted by Crippen LogP contribution is -2.63. The largest absolute Gasteiger partial charge is 0.503 e. The number of carbonyl (C=O) groups excluding carboxylic acids is 2. The van der Waals surface area contributed by atoms with Crippen LogP contribution in [0.2, 0.25) is 0 Å². The van der Waals surface area contributed by atoms with Crippen LogP contribution in [-0.2, 0) is 17.7 Å². The van der Waals surface area contributed by atoms with Gasteiger partial charge < -0.3 is 24.6 Å². The number of hydrogen-bond acceptors (Lipinski definition) is 5. The molecule has 168 valence electrons. The van der Waals surface area contributed by atoms with Crippen molar-refractivity contribution in [3.8, 4) is 5.75 Å². The van der Waals surface area contributed by atoms with Crippen LogP contribution in [0.25, 0.3) is 0 Å². The molecular weight excluding hydrogens is 424 g/mol. The van der Waals surface area contributed by atoms with Crippen molar-refractivity contribution in [3.63, 3.8) is 0 Å². The number of aromatic hydroxyl groups is 1. The Morgan fingerprint density at radius 3 is 2.88 bits per heavy atom. The summed E-state index contributed by atoms with van der Waals surface area (Å²) in [6.45, 7) is 2.45. The maximum atomic E-state index is 13.9. The van der Waals surface area contributed by atoms with Gasteiger partial charge in [0, 0.05) is 30.4 Å². The molecule has 1 saturated heterocycles. The smallest absolute Gasteiger partial charge is 0.276 e. The first-order valence-corrected chi connectivity index (χ1v) is 10.4. The SMILES string of the molecule is CC12OCCCN1C(=O)c1c(O)c(=O)c(C(=O)NCc3ccc(F)cc3F)c3n1C2CC3. The minimum absolute atomic E-state index is 0.0465. The van der Waals surface area contributed by atoms with Gasteiger partial charge in [0.25, 0.3) is 11.8 Å². The molecule has 0 bridgehead atoms. The van der Waals surface area contributed by atoms with Crippen LogP contribution in [0, 0.1) is 11.6 Å². The molecule has 2 N–H and O–H groups in total. The van der Waals surface area contributed by atoms with Crippen LogP contribution < -0.4 is 10.7 Å². The van der Waals surface area contributed by atoms with Gasteiger partial charge in [0.2, 0.25) is 5.43 Å². The zero-order valence-electron chi connectivity index (χ0n) is 17.3. The Bertz CT molecular complexity index is 1230. The van der Waals surface area contributed by atoms with E-state index < -0.39 is 40.4 Å². The number of hydrogen-bond donors (Lipinski definition) is 2. The van der Waals surface area contributed by atoms with Gasteiger partial charge in [-0.1, -0.05) is 6.07 Å². The van der Waals surface area contributed by atoms with E-state index in [0.717, 1.165) is 6.07 Å². The molecule has 2 amide bonds.